The lowest BCUT2D eigenvalue weighted by atomic mass is 9.97. The Morgan fingerprint density at radius 2 is 1.87 bits per heavy atom. The van der Waals surface area contributed by atoms with E-state index in [1.54, 1.807) is 6.07 Å². The van der Waals surface area contributed by atoms with Crippen molar-refractivity contribution >= 4 is 21.0 Å². The van der Waals surface area contributed by atoms with Gasteiger partial charge in [-0.2, -0.15) is 13.2 Å². The largest absolute Gasteiger partial charge is 0.486 e. The third-order valence-electron chi connectivity index (χ3n) is 5.02. The van der Waals surface area contributed by atoms with Crippen molar-refractivity contribution in [2.24, 2.45) is 5.14 Å². The average Bonchev–Trinajstić information content (AvgIpc) is 3.16. The van der Waals surface area contributed by atoms with Crippen LogP contribution in [0.2, 0.25) is 0 Å². The van der Waals surface area contributed by atoms with Crippen LogP contribution in [0.4, 0.5) is 13.2 Å². The first-order valence-corrected chi connectivity index (χ1v) is 10.8. The Morgan fingerprint density at radius 3 is 2.53 bits per heavy atom. The number of halogens is 3. The fourth-order valence-electron chi connectivity index (χ4n) is 3.69. The molecule has 0 spiro atoms. The van der Waals surface area contributed by atoms with Crippen molar-refractivity contribution < 1.29 is 30.7 Å². The smallest absolute Gasteiger partial charge is 0.418 e. The minimum absolute atomic E-state index is 0.104. The maximum atomic E-state index is 13.9. The van der Waals surface area contributed by atoms with E-state index in [-0.39, 0.29) is 17.2 Å². The zero-order chi connectivity index (χ0) is 21.5. The molecular formula is C20H19F3N2O4S. The van der Waals surface area contributed by atoms with Gasteiger partial charge in [0.15, 0.2) is 11.3 Å². The topological polar surface area (TPSA) is 94.6 Å². The van der Waals surface area contributed by atoms with Gasteiger partial charge in [0.1, 0.15) is 6.10 Å². The summed E-state index contributed by atoms with van der Waals surface area (Å²) in [7, 11) is -4.59. The number of ether oxygens (including phenoxy) is 1. The van der Waals surface area contributed by atoms with E-state index in [4.69, 9.17) is 14.3 Å². The van der Waals surface area contributed by atoms with Gasteiger partial charge in [-0.05, 0) is 61.3 Å². The molecule has 1 aliphatic rings. The highest BCUT2D eigenvalue weighted by Gasteiger charge is 2.39. The summed E-state index contributed by atoms with van der Waals surface area (Å²) in [6.45, 7) is 1.56. The minimum atomic E-state index is -4.93. The number of furan rings is 1. The van der Waals surface area contributed by atoms with Gasteiger partial charge in [-0.1, -0.05) is 12.1 Å². The fourth-order valence-corrected chi connectivity index (χ4v) is 4.46. The molecule has 1 aromatic heterocycles. The van der Waals surface area contributed by atoms with Crippen LogP contribution in [-0.2, 0) is 16.2 Å². The summed E-state index contributed by atoms with van der Waals surface area (Å²) in [6.07, 6.45) is -2.11. The number of hydrogen-bond donors (Lipinski definition) is 2. The molecule has 0 radical (unpaired) electrons. The second kappa shape index (κ2) is 7.60. The monoisotopic (exact) mass is 440 g/mol. The lowest BCUT2D eigenvalue weighted by Crippen LogP contribution is -2.34. The van der Waals surface area contributed by atoms with Crippen LogP contribution in [0.5, 0.6) is 5.75 Å². The number of nitrogens with one attached hydrogen (secondary N) is 1. The molecule has 30 heavy (non-hydrogen) atoms. The molecule has 1 aliphatic heterocycles. The lowest BCUT2D eigenvalue weighted by Gasteiger charge is -2.24. The zero-order valence-electron chi connectivity index (χ0n) is 15.7. The third-order valence-corrected chi connectivity index (χ3v) is 5.98. The highest BCUT2D eigenvalue weighted by Crippen LogP contribution is 2.43. The van der Waals surface area contributed by atoms with E-state index < -0.39 is 26.7 Å². The molecule has 0 unspecified atom stereocenters. The Hall–Kier alpha value is -2.56. The standard InChI is InChI=1S/C20H19F3N2O4S/c21-20(22,23)18-15(2-1-3-17(18)30(24,26)27)13-10-12-6-9-28-19(12)16(11-13)29-14-4-7-25-8-5-14/h1-3,6,9-11,14,25H,4-5,7-8H2,(H2,24,26,27). The maximum absolute atomic E-state index is 13.9. The van der Waals surface area contributed by atoms with E-state index >= 15 is 0 Å². The number of fused-ring (bicyclic) bond motifs is 1. The van der Waals surface area contributed by atoms with Crippen LogP contribution in [-0.4, -0.2) is 27.6 Å². The molecule has 10 heteroatoms. The van der Waals surface area contributed by atoms with Gasteiger partial charge in [-0.15, -0.1) is 0 Å². The van der Waals surface area contributed by atoms with E-state index in [1.165, 1.54) is 30.5 Å². The molecule has 3 aromatic rings. The van der Waals surface area contributed by atoms with Gasteiger partial charge in [0.2, 0.25) is 10.0 Å². The quantitative estimate of drug-likeness (QED) is 0.642. The van der Waals surface area contributed by atoms with Gasteiger partial charge < -0.3 is 14.5 Å². The van der Waals surface area contributed by atoms with Gasteiger partial charge in [-0.3, -0.25) is 0 Å². The van der Waals surface area contributed by atoms with Crippen molar-refractivity contribution in [2.75, 3.05) is 13.1 Å². The Balaban J connectivity index is 1.90. The Kier molecular flexibility index (Phi) is 5.25. The molecule has 1 fully saturated rings. The number of piperidine rings is 1. The van der Waals surface area contributed by atoms with Crippen LogP contribution in [0, 0.1) is 0 Å². The number of alkyl halides is 3. The molecule has 160 valence electrons. The summed E-state index contributed by atoms with van der Waals surface area (Å²) in [5.41, 5.74) is -1.02. The summed E-state index contributed by atoms with van der Waals surface area (Å²) in [5, 5.41) is 8.82. The molecule has 0 amide bonds. The zero-order valence-corrected chi connectivity index (χ0v) is 16.5. The van der Waals surface area contributed by atoms with E-state index in [0.29, 0.717) is 16.7 Å². The third kappa shape index (κ3) is 4.03. The van der Waals surface area contributed by atoms with Crippen molar-refractivity contribution in [1.29, 1.82) is 0 Å². The Bertz CT molecular complexity index is 1180. The molecule has 6 nitrogen and oxygen atoms in total. The normalized spacial score (nSPS) is 16.1. The van der Waals surface area contributed by atoms with Crippen molar-refractivity contribution in [1.82, 2.24) is 5.32 Å². The molecular weight excluding hydrogens is 421 g/mol. The minimum Gasteiger partial charge on any atom is -0.486 e. The fraction of sp³-hybridized carbons (Fsp3) is 0.300. The number of sulfonamides is 1. The van der Waals surface area contributed by atoms with Gasteiger partial charge in [0.25, 0.3) is 0 Å². The first kappa shape index (κ1) is 20.7. The molecule has 2 heterocycles. The van der Waals surface area contributed by atoms with Crippen LogP contribution in [0.15, 0.2) is 52.0 Å². The second-order valence-electron chi connectivity index (χ2n) is 7.10. The average molecular weight is 440 g/mol. The number of rotatable bonds is 4. The summed E-state index contributed by atoms with van der Waals surface area (Å²) in [4.78, 5) is -0.972. The summed E-state index contributed by atoms with van der Waals surface area (Å²) < 4.78 is 76.8. The van der Waals surface area contributed by atoms with E-state index in [1.807, 2.05) is 0 Å². The summed E-state index contributed by atoms with van der Waals surface area (Å²) >= 11 is 0. The van der Waals surface area contributed by atoms with Crippen molar-refractivity contribution in [3.63, 3.8) is 0 Å². The lowest BCUT2D eigenvalue weighted by molar-refractivity contribution is -0.139. The second-order valence-corrected chi connectivity index (χ2v) is 8.63. The molecule has 1 saturated heterocycles. The predicted molar refractivity (Wildman–Crippen MR) is 105 cm³/mol. The maximum Gasteiger partial charge on any atom is 0.418 e. The molecule has 3 N–H and O–H groups in total. The SMILES string of the molecule is NS(=O)(=O)c1cccc(-c2cc(OC3CCNCC3)c3occc3c2)c1C(F)(F)F. The van der Waals surface area contributed by atoms with Gasteiger partial charge >= 0.3 is 6.18 Å². The van der Waals surface area contributed by atoms with E-state index in [0.717, 1.165) is 32.0 Å². The van der Waals surface area contributed by atoms with E-state index in [2.05, 4.69) is 5.32 Å². The van der Waals surface area contributed by atoms with Crippen LogP contribution >= 0.6 is 0 Å². The Morgan fingerprint density at radius 1 is 1.13 bits per heavy atom. The molecule has 0 saturated carbocycles. The molecule has 0 atom stereocenters. The highest BCUT2D eigenvalue weighted by atomic mass is 32.2. The number of hydrogen-bond acceptors (Lipinski definition) is 5. The summed E-state index contributed by atoms with van der Waals surface area (Å²) in [5.74, 6) is 0.313. The molecule has 2 aromatic carbocycles. The van der Waals surface area contributed by atoms with Crippen LogP contribution < -0.4 is 15.2 Å². The molecule has 0 aliphatic carbocycles. The number of primary sulfonamides is 1. The van der Waals surface area contributed by atoms with Crippen LogP contribution in [0.1, 0.15) is 18.4 Å². The van der Waals surface area contributed by atoms with Gasteiger partial charge in [-0.25, -0.2) is 13.6 Å². The van der Waals surface area contributed by atoms with Crippen LogP contribution in [0.3, 0.4) is 0 Å². The van der Waals surface area contributed by atoms with Crippen LogP contribution in [0.25, 0.3) is 22.1 Å². The van der Waals surface area contributed by atoms with Gasteiger partial charge in [0, 0.05) is 5.39 Å². The predicted octanol–water partition coefficient (Wildman–Crippen LogP) is 3.90. The van der Waals surface area contributed by atoms with Crippen molar-refractivity contribution in [2.45, 2.75) is 30.0 Å². The first-order valence-electron chi connectivity index (χ1n) is 9.26. The van der Waals surface area contributed by atoms with E-state index in [9.17, 15) is 21.6 Å². The van der Waals surface area contributed by atoms with Gasteiger partial charge in [0.05, 0.1) is 16.7 Å². The molecule has 4 rings (SSSR count). The first-order chi connectivity index (χ1) is 14.1. The Labute approximate surface area is 170 Å². The highest BCUT2D eigenvalue weighted by molar-refractivity contribution is 7.89. The number of nitrogens with two attached hydrogens (primary N) is 1. The van der Waals surface area contributed by atoms with Crippen molar-refractivity contribution in [3.8, 4) is 16.9 Å². The number of benzene rings is 2. The molecule has 0 bridgehead atoms. The summed E-state index contributed by atoms with van der Waals surface area (Å²) in [6, 6.07) is 7.87. The van der Waals surface area contributed by atoms with Crippen molar-refractivity contribution in [3.05, 3.63) is 48.2 Å².